The Morgan fingerprint density at radius 2 is 2.04 bits per heavy atom. The van der Waals surface area contributed by atoms with Crippen LogP contribution in [-0.2, 0) is 16.0 Å². The number of aromatic amines is 1. The molecule has 1 aliphatic rings. The summed E-state index contributed by atoms with van der Waals surface area (Å²) in [5, 5.41) is 7.30. The van der Waals surface area contributed by atoms with Gasteiger partial charge in [0.15, 0.2) is 17.3 Å². The molecule has 140 valence electrons. The van der Waals surface area contributed by atoms with Gasteiger partial charge >= 0.3 is 0 Å². The number of H-pyrrole nitrogens is 1. The van der Waals surface area contributed by atoms with E-state index in [1.54, 1.807) is 26.2 Å². The number of likely N-dealkylation sites (tertiary alicyclic amines) is 1. The van der Waals surface area contributed by atoms with E-state index in [0.29, 0.717) is 49.9 Å². The third kappa shape index (κ3) is 3.96. The fraction of sp³-hybridized carbons (Fsp3) is 0.500. The molecule has 0 saturated carbocycles. The Morgan fingerprint density at radius 1 is 1.23 bits per heavy atom. The first kappa shape index (κ1) is 18.2. The molecular formula is C18H24N4O4. The number of amides is 1. The summed E-state index contributed by atoms with van der Waals surface area (Å²) in [7, 11) is 4.85. The maximum Gasteiger partial charge on any atom is 0.223 e. The fourth-order valence-electron chi connectivity index (χ4n) is 3.12. The molecule has 0 bridgehead atoms. The molecule has 1 aromatic heterocycles. The minimum atomic E-state index is 0.0229. The maximum absolute atomic E-state index is 12.1. The van der Waals surface area contributed by atoms with E-state index in [-0.39, 0.29) is 11.8 Å². The topological polar surface area (TPSA) is 89.6 Å². The van der Waals surface area contributed by atoms with Crippen molar-refractivity contribution in [1.82, 2.24) is 20.1 Å². The molecule has 26 heavy (non-hydrogen) atoms. The highest BCUT2D eigenvalue weighted by molar-refractivity contribution is 5.79. The molecule has 1 unspecified atom stereocenters. The Bertz CT molecular complexity index is 761. The predicted octanol–water partition coefficient (Wildman–Crippen LogP) is 1.38. The molecule has 1 N–H and O–H groups in total. The van der Waals surface area contributed by atoms with Crippen LogP contribution in [0.25, 0.3) is 0 Å². The summed E-state index contributed by atoms with van der Waals surface area (Å²) in [5.74, 6) is 2.96. The molecule has 1 aliphatic heterocycles. The van der Waals surface area contributed by atoms with Crippen LogP contribution in [0.5, 0.6) is 11.5 Å². The standard InChI is InChI=1S/C18H24N4O4/c1-24-7-6-22-11-13(10-17(22)23)18-19-16(20-21-18)9-12-4-5-14(25-2)15(8-12)26-3/h4-5,8,13H,6-7,9-11H2,1-3H3,(H,19,20,21). The minimum absolute atomic E-state index is 0.0229. The number of nitrogens with zero attached hydrogens (tertiary/aromatic N) is 3. The second kappa shape index (κ2) is 8.18. The Balaban J connectivity index is 1.66. The lowest BCUT2D eigenvalue weighted by Gasteiger charge is -2.14. The zero-order chi connectivity index (χ0) is 18.5. The number of aromatic nitrogens is 3. The smallest absolute Gasteiger partial charge is 0.223 e. The molecular weight excluding hydrogens is 336 g/mol. The van der Waals surface area contributed by atoms with Crippen LogP contribution in [0.15, 0.2) is 18.2 Å². The van der Waals surface area contributed by atoms with E-state index >= 15 is 0 Å². The second-order valence-electron chi connectivity index (χ2n) is 6.24. The van der Waals surface area contributed by atoms with Gasteiger partial charge in [-0.25, -0.2) is 4.98 Å². The van der Waals surface area contributed by atoms with Crippen LogP contribution in [0, 0.1) is 0 Å². The van der Waals surface area contributed by atoms with Crippen molar-refractivity contribution in [3.63, 3.8) is 0 Å². The van der Waals surface area contributed by atoms with Crippen LogP contribution in [-0.4, -0.2) is 67.0 Å². The van der Waals surface area contributed by atoms with Gasteiger partial charge in [-0.05, 0) is 17.7 Å². The molecule has 0 spiro atoms. The number of carbonyl (C=O) groups is 1. The van der Waals surface area contributed by atoms with Crippen molar-refractivity contribution in [3.8, 4) is 11.5 Å². The molecule has 0 radical (unpaired) electrons. The Labute approximate surface area is 152 Å². The average molecular weight is 360 g/mol. The van der Waals surface area contributed by atoms with Crippen LogP contribution < -0.4 is 9.47 Å². The Hall–Kier alpha value is -2.61. The monoisotopic (exact) mass is 360 g/mol. The number of hydrogen-bond donors (Lipinski definition) is 1. The van der Waals surface area contributed by atoms with Gasteiger partial charge in [-0.2, -0.15) is 5.10 Å². The van der Waals surface area contributed by atoms with Gasteiger partial charge in [0.1, 0.15) is 5.82 Å². The number of carbonyl (C=O) groups excluding carboxylic acids is 1. The quantitative estimate of drug-likeness (QED) is 0.765. The van der Waals surface area contributed by atoms with Crippen molar-refractivity contribution in [2.45, 2.75) is 18.8 Å². The lowest BCUT2D eigenvalue weighted by molar-refractivity contribution is -0.128. The lowest BCUT2D eigenvalue weighted by atomic mass is 10.1. The van der Waals surface area contributed by atoms with Crippen molar-refractivity contribution in [1.29, 1.82) is 0 Å². The zero-order valence-electron chi connectivity index (χ0n) is 15.3. The third-order valence-corrected chi connectivity index (χ3v) is 4.51. The van der Waals surface area contributed by atoms with Crippen molar-refractivity contribution in [2.75, 3.05) is 41.0 Å². The van der Waals surface area contributed by atoms with Crippen LogP contribution in [0.4, 0.5) is 0 Å². The van der Waals surface area contributed by atoms with E-state index in [1.165, 1.54) is 0 Å². The molecule has 1 fully saturated rings. The van der Waals surface area contributed by atoms with E-state index in [1.807, 2.05) is 18.2 Å². The van der Waals surface area contributed by atoms with E-state index in [2.05, 4.69) is 15.2 Å². The molecule has 1 saturated heterocycles. The van der Waals surface area contributed by atoms with E-state index in [0.717, 1.165) is 11.4 Å². The summed E-state index contributed by atoms with van der Waals surface area (Å²) in [6.45, 7) is 1.78. The van der Waals surface area contributed by atoms with Crippen molar-refractivity contribution in [2.24, 2.45) is 0 Å². The number of ether oxygens (including phenoxy) is 3. The fourth-order valence-corrected chi connectivity index (χ4v) is 3.12. The summed E-state index contributed by atoms with van der Waals surface area (Å²) in [4.78, 5) is 18.5. The number of benzene rings is 1. The van der Waals surface area contributed by atoms with Gasteiger partial charge in [0.25, 0.3) is 0 Å². The molecule has 3 rings (SSSR count). The summed E-state index contributed by atoms with van der Waals surface area (Å²) in [6.07, 6.45) is 1.04. The van der Waals surface area contributed by atoms with Gasteiger partial charge in [0.05, 0.1) is 20.8 Å². The number of methoxy groups -OCH3 is 3. The van der Waals surface area contributed by atoms with E-state index in [4.69, 9.17) is 14.2 Å². The first-order valence-electron chi connectivity index (χ1n) is 8.53. The maximum atomic E-state index is 12.1. The minimum Gasteiger partial charge on any atom is -0.493 e. The van der Waals surface area contributed by atoms with E-state index < -0.39 is 0 Å². The summed E-state index contributed by atoms with van der Waals surface area (Å²) >= 11 is 0. The summed E-state index contributed by atoms with van der Waals surface area (Å²) in [6, 6.07) is 5.76. The average Bonchev–Trinajstić information content (AvgIpc) is 3.26. The number of rotatable bonds is 8. The van der Waals surface area contributed by atoms with Crippen LogP contribution in [0.3, 0.4) is 0 Å². The molecule has 1 atom stereocenters. The summed E-state index contributed by atoms with van der Waals surface area (Å²) < 4.78 is 15.6. The molecule has 2 aromatic rings. The van der Waals surface area contributed by atoms with Gasteiger partial charge in [0.2, 0.25) is 5.91 Å². The highest BCUT2D eigenvalue weighted by atomic mass is 16.5. The number of hydrogen-bond acceptors (Lipinski definition) is 6. The van der Waals surface area contributed by atoms with Crippen LogP contribution in [0.2, 0.25) is 0 Å². The highest BCUT2D eigenvalue weighted by Gasteiger charge is 2.32. The van der Waals surface area contributed by atoms with Crippen molar-refractivity contribution < 1.29 is 19.0 Å². The Kier molecular flexibility index (Phi) is 5.72. The first-order valence-corrected chi connectivity index (χ1v) is 8.53. The molecule has 1 aromatic carbocycles. The second-order valence-corrected chi connectivity index (χ2v) is 6.24. The van der Waals surface area contributed by atoms with Gasteiger partial charge in [0, 0.05) is 39.0 Å². The van der Waals surface area contributed by atoms with E-state index in [9.17, 15) is 4.79 Å². The van der Waals surface area contributed by atoms with Crippen molar-refractivity contribution >= 4 is 5.91 Å². The van der Waals surface area contributed by atoms with Gasteiger partial charge < -0.3 is 19.1 Å². The van der Waals surface area contributed by atoms with Crippen LogP contribution >= 0.6 is 0 Å². The first-order chi connectivity index (χ1) is 12.6. The summed E-state index contributed by atoms with van der Waals surface area (Å²) in [5.41, 5.74) is 1.04. The van der Waals surface area contributed by atoms with Crippen LogP contribution in [0.1, 0.15) is 29.6 Å². The highest BCUT2D eigenvalue weighted by Crippen LogP contribution is 2.29. The van der Waals surface area contributed by atoms with Gasteiger partial charge in [-0.15, -0.1) is 0 Å². The normalized spacial score (nSPS) is 17.0. The predicted molar refractivity (Wildman–Crippen MR) is 94.5 cm³/mol. The molecule has 2 heterocycles. The molecule has 1 amide bonds. The number of nitrogens with one attached hydrogen (secondary N) is 1. The molecule has 8 nitrogen and oxygen atoms in total. The SMILES string of the molecule is COCCN1CC(c2n[nH]c(Cc3ccc(OC)c(OC)c3)n2)CC1=O. The third-order valence-electron chi connectivity index (χ3n) is 4.51. The zero-order valence-corrected chi connectivity index (χ0v) is 15.3. The van der Waals surface area contributed by atoms with Gasteiger partial charge in [-0.1, -0.05) is 6.07 Å². The lowest BCUT2D eigenvalue weighted by Crippen LogP contribution is -2.28. The van der Waals surface area contributed by atoms with Crippen molar-refractivity contribution in [3.05, 3.63) is 35.4 Å². The van der Waals surface area contributed by atoms with Gasteiger partial charge in [-0.3, -0.25) is 9.89 Å². The molecule has 0 aliphatic carbocycles. The molecule has 8 heteroatoms. The Morgan fingerprint density at radius 3 is 2.77 bits per heavy atom. The largest absolute Gasteiger partial charge is 0.493 e.